The third-order valence-corrected chi connectivity index (χ3v) is 5.10. The van der Waals surface area contributed by atoms with Crippen LogP contribution >= 0.6 is 0 Å². The molecule has 2 heterocycles. The van der Waals surface area contributed by atoms with Crippen molar-refractivity contribution >= 4 is 17.0 Å². The van der Waals surface area contributed by atoms with E-state index in [9.17, 15) is 0 Å². The lowest BCUT2D eigenvalue weighted by Gasteiger charge is -2.25. The fourth-order valence-electron chi connectivity index (χ4n) is 4.20. The first-order chi connectivity index (χ1) is 11.3. The monoisotopic (exact) mass is 301 g/mol. The van der Waals surface area contributed by atoms with Gasteiger partial charge in [0.1, 0.15) is 11.9 Å². The number of aromatic nitrogens is 1. The molecule has 23 heavy (non-hydrogen) atoms. The molecular formula is C21H19NO. The molecular weight excluding hydrogens is 282 g/mol. The zero-order valence-corrected chi connectivity index (χ0v) is 13.4. The predicted molar refractivity (Wildman–Crippen MR) is 93.9 cm³/mol. The van der Waals surface area contributed by atoms with Gasteiger partial charge < -0.3 is 9.30 Å². The number of benzene rings is 2. The fraction of sp³-hybridized carbons (Fsp3) is 0.238. The molecule has 0 radical (unpaired) electrons. The van der Waals surface area contributed by atoms with Gasteiger partial charge in [0.25, 0.3) is 0 Å². The van der Waals surface area contributed by atoms with E-state index in [0.717, 1.165) is 5.75 Å². The quantitative estimate of drug-likeness (QED) is 0.581. The van der Waals surface area contributed by atoms with Gasteiger partial charge in [-0.15, -0.1) is 0 Å². The molecule has 0 N–H and O–H groups in total. The van der Waals surface area contributed by atoms with Crippen molar-refractivity contribution < 1.29 is 4.74 Å². The topological polar surface area (TPSA) is 14.2 Å². The number of ether oxygens (including phenoxy) is 1. The Balaban J connectivity index is 1.81. The Kier molecular flexibility index (Phi) is 2.55. The van der Waals surface area contributed by atoms with Crippen LogP contribution in [0.1, 0.15) is 48.7 Å². The van der Waals surface area contributed by atoms with Gasteiger partial charge in [-0.1, -0.05) is 48.6 Å². The SMILES string of the molecule is CC(C)n1c2c(c3ccccc31)C=CC1c3ccccc3OC21. The van der Waals surface area contributed by atoms with Crippen LogP contribution in [-0.2, 0) is 0 Å². The van der Waals surface area contributed by atoms with E-state index in [1.807, 2.05) is 0 Å². The molecule has 114 valence electrons. The van der Waals surface area contributed by atoms with Crippen LogP contribution in [0.2, 0.25) is 0 Å². The lowest BCUT2D eigenvalue weighted by atomic mass is 9.87. The number of fused-ring (bicyclic) bond motifs is 7. The average Bonchev–Trinajstić information content (AvgIpc) is 3.10. The summed E-state index contributed by atoms with van der Waals surface area (Å²) in [6, 6.07) is 17.5. The highest BCUT2D eigenvalue weighted by Crippen LogP contribution is 2.52. The smallest absolute Gasteiger partial charge is 0.150 e. The minimum atomic E-state index is 0.0854. The maximum absolute atomic E-state index is 6.39. The van der Waals surface area contributed by atoms with Crippen molar-refractivity contribution in [3.63, 3.8) is 0 Å². The van der Waals surface area contributed by atoms with Crippen LogP contribution in [0, 0.1) is 0 Å². The van der Waals surface area contributed by atoms with E-state index in [1.165, 1.54) is 27.7 Å². The second-order valence-corrected chi connectivity index (χ2v) is 6.74. The first kappa shape index (κ1) is 13.0. The molecule has 0 bridgehead atoms. The first-order valence-electron chi connectivity index (χ1n) is 8.32. The summed E-state index contributed by atoms with van der Waals surface area (Å²) < 4.78 is 8.84. The molecule has 2 heteroatoms. The summed E-state index contributed by atoms with van der Waals surface area (Å²) >= 11 is 0. The highest BCUT2D eigenvalue weighted by Gasteiger charge is 2.40. The molecule has 0 saturated heterocycles. The van der Waals surface area contributed by atoms with E-state index in [2.05, 4.69) is 79.1 Å². The lowest BCUT2D eigenvalue weighted by Crippen LogP contribution is -2.18. The molecule has 1 aliphatic carbocycles. The Hall–Kier alpha value is -2.48. The maximum Gasteiger partial charge on any atom is 0.150 e. The normalized spacial score (nSPS) is 21.2. The van der Waals surface area contributed by atoms with Crippen molar-refractivity contribution in [3.8, 4) is 5.75 Å². The number of rotatable bonds is 1. The molecule has 0 spiro atoms. The maximum atomic E-state index is 6.39. The Morgan fingerprint density at radius 2 is 1.78 bits per heavy atom. The van der Waals surface area contributed by atoms with E-state index in [0.29, 0.717) is 12.0 Å². The Labute approximate surface area is 136 Å². The molecule has 0 fully saturated rings. The van der Waals surface area contributed by atoms with Gasteiger partial charge in [0, 0.05) is 34.0 Å². The summed E-state index contributed by atoms with van der Waals surface area (Å²) in [6.45, 7) is 4.50. The van der Waals surface area contributed by atoms with Crippen LogP contribution in [0.3, 0.4) is 0 Å². The van der Waals surface area contributed by atoms with Crippen LogP contribution in [0.4, 0.5) is 0 Å². The first-order valence-corrected chi connectivity index (χ1v) is 8.32. The molecule has 2 atom stereocenters. The molecule has 1 aliphatic heterocycles. The summed E-state index contributed by atoms with van der Waals surface area (Å²) in [5.41, 5.74) is 5.26. The largest absolute Gasteiger partial charge is 0.483 e. The van der Waals surface area contributed by atoms with Gasteiger partial charge in [0.05, 0.1) is 5.69 Å². The Morgan fingerprint density at radius 3 is 2.65 bits per heavy atom. The second kappa shape index (κ2) is 4.51. The van der Waals surface area contributed by atoms with Crippen molar-refractivity contribution in [1.29, 1.82) is 0 Å². The summed E-state index contributed by atoms with van der Waals surface area (Å²) in [6.07, 6.45) is 4.70. The van der Waals surface area contributed by atoms with Crippen molar-refractivity contribution in [3.05, 3.63) is 71.4 Å². The fourth-order valence-corrected chi connectivity index (χ4v) is 4.20. The number of hydrogen-bond acceptors (Lipinski definition) is 1. The van der Waals surface area contributed by atoms with Crippen molar-refractivity contribution in [2.45, 2.75) is 31.9 Å². The predicted octanol–water partition coefficient (Wildman–Crippen LogP) is 5.47. The minimum Gasteiger partial charge on any atom is -0.483 e. The second-order valence-electron chi connectivity index (χ2n) is 6.74. The Bertz CT molecular complexity index is 948. The number of para-hydroxylation sites is 2. The Morgan fingerprint density at radius 1 is 1.00 bits per heavy atom. The van der Waals surface area contributed by atoms with Gasteiger partial charge in [-0.2, -0.15) is 0 Å². The van der Waals surface area contributed by atoms with Gasteiger partial charge in [-0.3, -0.25) is 0 Å². The minimum absolute atomic E-state index is 0.0854. The number of nitrogens with zero attached hydrogens (tertiary/aromatic N) is 1. The molecule has 2 aromatic carbocycles. The van der Waals surface area contributed by atoms with Crippen LogP contribution < -0.4 is 4.74 Å². The van der Waals surface area contributed by atoms with E-state index >= 15 is 0 Å². The van der Waals surface area contributed by atoms with Crippen molar-refractivity contribution in [2.24, 2.45) is 0 Å². The van der Waals surface area contributed by atoms with E-state index in [-0.39, 0.29) is 6.10 Å². The van der Waals surface area contributed by atoms with Crippen LogP contribution in [-0.4, -0.2) is 4.57 Å². The molecule has 0 amide bonds. The zero-order valence-electron chi connectivity index (χ0n) is 13.4. The molecule has 1 aromatic heterocycles. The summed E-state index contributed by atoms with van der Waals surface area (Å²) in [5, 5.41) is 1.32. The van der Waals surface area contributed by atoms with E-state index < -0.39 is 0 Å². The van der Waals surface area contributed by atoms with Crippen molar-refractivity contribution in [2.75, 3.05) is 0 Å². The van der Waals surface area contributed by atoms with E-state index in [1.54, 1.807) is 0 Å². The standard InChI is InChI=1S/C21H19NO/c1-13(2)22-18-9-5-3-7-14(18)16-11-12-17-15-8-4-6-10-19(15)23-21(17)20(16)22/h3-13,17,21H,1-2H3. The number of hydrogen-bond donors (Lipinski definition) is 0. The highest BCUT2D eigenvalue weighted by atomic mass is 16.5. The van der Waals surface area contributed by atoms with Gasteiger partial charge in [0.15, 0.2) is 0 Å². The molecule has 2 aliphatic rings. The molecule has 2 nitrogen and oxygen atoms in total. The van der Waals surface area contributed by atoms with Gasteiger partial charge in [0.2, 0.25) is 0 Å². The zero-order chi connectivity index (χ0) is 15.6. The third-order valence-electron chi connectivity index (χ3n) is 5.10. The van der Waals surface area contributed by atoms with Crippen molar-refractivity contribution in [1.82, 2.24) is 4.57 Å². The molecule has 3 aromatic rings. The lowest BCUT2D eigenvalue weighted by molar-refractivity contribution is 0.211. The van der Waals surface area contributed by atoms with Crippen LogP contribution in [0.5, 0.6) is 5.75 Å². The van der Waals surface area contributed by atoms with E-state index in [4.69, 9.17) is 4.74 Å². The van der Waals surface area contributed by atoms with Gasteiger partial charge >= 0.3 is 0 Å². The molecule has 5 rings (SSSR count). The van der Waals surface area contributed by atoms with Gasteiger partial charge in [-0.25, -0.2) is 0 Å². The summed E-state index contributed by atoms with van der Waals surface area (Å²) in [4.78, 5) is 0. The summed E-state index contributed by atoms with van der Waals surface area (Å²) in [5.74, 6) is 1.35. The third kappa shape index (κ3) is 1.64. The molecule has 0 saturated carbocycles. The molecule has 2 unspecified atom stereocenters. The highest BCUT2D eigenvalue weighted by molar-refractivity contribution is 5.92. The average molecular weight is 301 g/mol. The summed E-state index contributed by atoms with van der Waals surface area (Å²) in [7, 11) is 0. The van der Waals surface area contributed by atoms with Gasteiger partial charge in [-0.05, 0) is 26.0 Å². The van der Waals surface area contributed by atoms with Crippen LogP contribution in [0.25, 0.3) is 17.0 Å². The van der Waals surface area contributed by atoms with Crippen LogP contribution in [0.15, 0.2) is 54.6 Å².